The number of rotatable bonds is 10. The first-order valence-corrected chi connectivity index (χ1v) is 8.37. The number of hydrogen-bond acceptors (Lipinski definition) is 3. The molecule has 1 aliphatic carbocycles. The molecule has 1 saturated carbocycles. The fourth-order valence-electron chi connectivity index (χ4n) is 2.52. The maximum absolute atomic E-state index is 12.1. The average Bonchev–Trinajstić information content (AvgIpc) is 3.36. The summed E-state index contributed by atoms with van der Waals surface area (Å²) in [4.78, 5) is 12.1. The highest BCUT2D eigenvalue weighted by Gasteiger charge is 2.21. The van der Waals surface area contributed by atoms with Gasteiger partial charge in [0.2, 0.25) is 5.91 Å². The summed E-state index contributed by atoms with van der Waals surface area (Å²) in [5.41, 5.74) is 1.14. The van der Waals surface area contributed by atoms with Gasteiger partial charge in [-0.3, -0.25) is 4.79 Å². The van der Waals surface area contributed by atoms with Crippen molar-refractivity contribution < 1.29 is 9.53 Å². The van der Waals surface area contributed by atoms with Gasteiger partial charge in [0.15, 0.2) is 0 Å². The summed E-state index contributed by atoms with van der Waals surface area (Å²) < 4.78 is 5.20. The smallest absolute Gasteiger partial charge is 0.234 e. The van der Waals surface area contributed by atoms with Crippen molar-refractivity contribution in [2.75, 3.05) is 20.2 Å². The van der Waals surface area contributed by atoms with Crippen LogP contribution in [0.15, 0.2) is 24.3 Å². The SMILES string of the molecule is CCCCC(NC(=O)CNCC1CC1)c1ccc(OC)cc1. The fourth-order valence-corrected chi connectivity index (χ4v) is 2.52. The lowest BCUT2D eigenvalue weighted by Crippen LogP contribution is -2.37. The maximum atomic E-state index is 12.1. The van der Waals surface area contributed by atoms with E-state index >= 15 is 0 Å². The molecule has 1 fully saturated rings. The van der Waals surface area contributed by atoms with Gasteiger partial charge in [0.1, 0.15) is 5.75 Å². The quantitative estimate of drug-likeness (QED) is 0.698. The number of carbonyl (C=O) groups excluding carboxylic acids is 1. The molecule has 1 atom stereocenters. The first-order chi connectivity index (χ1) is 10.7. The third-order valence-corrected chi connectivity index (χ3v) is 4.12. The molecule has 0 aliphatic heterocycles. The zero-order chi connectivity index (χ0) is 15.8. The van der Waals surface area contributed by atoms with Gasteiger partial charge in [0.25, 0.3) is 0 Å². The Labute approximate surface area is 133 Å². The molecule has 122 valence electrons. The number of amides is 1. The van der Waals surface area contributed by atoms with Gasteiger partial charge >= 0.3 is 0 Å². The predicted octanol–water partition coefficient (Wildman–Crippen LogP) is 3.04. The minimum Gasteiger partial charge on any atom is -0.497 e. The normalized spacial score (nSPS) is 15.4. The van der Waals surface area contributed by atoms with E-state index in [4.69, 9.17) is 4.74 Å². The van der Waals surface area contributed by atoms with E-state index in [1.807, 2.05) is 24.3 Å². The Balaban J connectivity index is 1.87. The lowest BCUT2D eigenvalue weighted by atomic mass is 10.0. The molecule has 22 heavy (non-hydrogen) atoms. The minimum atomic E-state index is 0.0811. The molecule has 1 aliphatic rings. The summed E-state index contributed by atoms with van der Waals surface area (Å²) in [7, 11) is 1.66. The zero-order valence-electron chi connectivity index (χ0n) is 13.7. The van der Waals surface area contributed by atoms with Crippen LogP contribution in [0.4, 0.5) is 0 Å². The molecule has 0 aromatic heterocycles. The van der Waals surface area contributed by atoms with Crippen molar-refractivity contribution in [3.05, 3.63) is 29.8 Å². The Kier molecular flexibility index (Phi) is 6.72. The van der Waals surface area contributed by atoms with Crippen LogP contribution in [-0.2, 0) is 4.79 Å². The van der Waals surface area contributed by atoms with Crippen molar-refractivity contribution in [3.8, 4) is 5.75 Å². The van der Waals surface area contributed by atoms with E-state index in [9.17, 15) is 4.79 Å². The minimum absolute atomic E-state index is 0.0811. The number of ether oxygens (including phenoxy) is 1. The van der Waals surface area contributed by atoms with Crippen LogP contribution in [0, 0.1) is 5.92 Å². The maximum Gasteiger partial charge on any atom is 0.234 e. The van der Waals surface area contributed by atoms with Crippen molar-refractivity contribution in [2.45, 2.75) is 45.1 Å². The summed E-state index contributed by atoms with van der Waals surface area (Å²) in [5, 5.41) is 6.40. The first-order valence-electron chi connectivity index (χ1n) is 8.37. The topological polar surface area (TPSA) is 50.4 Å². The summed E-state index contributed by atoms with van der Waals surface area (Å²) in [6.45, 7) is 3.55. The number of unbranched alkanes of at least 4 members (excludes halogenated alkanes) is 1. The molecule has 0 radical (unpaired) electrons. The molecule has 1 amide bonds. The van der Waals surface area contributed by atoms with Gasteiger partial charge < -0.3 is 15.4 Å². The van der Waals surface area contributed by atoms with Crippen molar-refractivity contribution >= 4 is 5.91 Å². The van der Waals surface area contributed by atoms with Crippen LogP contribution in [-0.4, -0.2) is 26.1 Å². The molecule has 0 bridgehead atoms. The molecular weight excluding hydrogens is 276 g/mol. The van der Waals surface area contributed by atoms with Crippen LogP contribution in [0.2, 0.25) is 0 Å². The third kappa shape index (κ3) is 5.68. The van der Waals surface area contributed by atoms with Gasteiger partial charge in [-0.25, -0.2) is 0 Å². The standard InChI is InChI=1S/C18H28N2O2/c1-3-4-5-17(15-8-10-16(22-2)11-9-15)20-18(21)13-19-12-14-6-7-14/h8-11,14,17,19H,3-7,12-13H2,1-2H3,(H,20,21). The van der Waals surface area contributed by atoms with Gasteiger partial charge in [-0.2, -0.15) is 0 Å². The Morgan fingerprint density at radius 1 is 1.32 bits per heavy atom. The summed E-state index contributed by atoms with van der Waals surface area (Å²) in [6, 6.07) is 8.06. The van der Waals surface area contributed by atoms with Crippen LogP contribution in [0.1, 0.15) is 50.6 Å². The number of nitrogens with one attached hydrogen (secondary N) is 2. The molecule has 0 spiro atoms. The largest absolute Gasteiger partial charge is 0.497 e. The van der Waals surface area contributed by atoms with E-state index in [2.05, 4.69) is 17.6 Å². The third-order valence-electron chi connectivity index (χ3n) is 4.12. The van der Waals surface area contributed by atoms with E-state index in [0.29, 0.717) is 6.54 Å². The summed E-state index contributed by atoms with van der Waals surface area (Å²) >= 11 is 0. The predicted molar refractivity (Wildman–Crippen MR) is 89.0 cm³/mol. The second-order valence-electron chi connectivity index (χ2n) is 6.11. The summed E-state index contributed by atoms with van der Waals surface area (Å²) in [6.07, 6.45) is 5.81. The van der Waals surface area contributed by atoms with E-state index in [1.54, 1.807) is 7.11 Å². The van der Waals surface area contributed by atoms with E-state index in [-0.39, 0.29) is 11.9 Å². The van der Waals surface area contributed by atoms with Gasteiger partial charge in [-0.05, 0) is 49.4 Å². The van der Waals surface area contributed by atoms with Crippen LogP contribution < -0.4 is 15.4 Å². The highest BCUT2D eigenvalue weighted by atomic mass is 16.5. The second kappa shape index (κ2) is 8.79. The van der Waals surface area contributed by atoms with Gasteiger partial charge in [-0.15, -0.1) is 0 Å². The van der Waals surface area contributed by atoms with Gasteiger partial charge in [0.05, 0.1) is 19.7 Å². The summed E-state index contributed by atoms with van der Waals surface area (Å²) in [5.74, 6) is 1.72. The Hall–Kier alpha value is -1.55. The molecule has 1 aromatic rings. The van der Waals surface area contributed by atoms with Crippen LogP contribution in [0.25, 0.3) is 0 Å². The molecule has 1 aromatic carbocycles. The Morgan fingerprint density at radius 3 is 2.64 bits per heavy atom. The lowest BCUT2D eigenvalue weighted by Gasteiger charge is -2.19. The second-order valence-corrected chi connectivity index (χ2v) is 6.11. The zero-order valence-corrected chi connectivity index (χ0v) is 13.7. The first kappa shape index (κ1) is 16.8. The van der Waals surface area contributed by atoms with Crippen LogP contribution in [0.3, 0.4) is 0 Å². The number of methoxy groups -OCH3 is 1. The molecule has 0 saturated heterocycles. The Bertz CT molecular complexity index is 455. The van der Waals surface area contributed by atoms with Gasteiger partial charge in [-0.1, -0.05) is 31.9 Å². The molecule has 1 unspecified atom stereocenters. The van der Waals surface area contributed by atoms with Crippen molar-refractivity contribution in [3.63, 3.8) is 0 Å². The Morgan fingerprint density at radius 2 is 2.05 bits per heavy atom. The molecule has 2 N–H and O–H groups in total. The van der Waals surface area contributed by atoms with Gasteiger partial charge in [0, 0.05) is 0 Å². The monoisotopic (exact) mass is 304 g/mol. The number of benzene rings is 1. The molecule has 4 nitrogen and oxygen atoms in total. The van der Waals surface area contributed by atoms with E-state index < -0.39 is 0 Å². The van der Waals surface area contributed by atoms with E-state index in [0.717, 1.165) is 43.0 Å². The number of hydrogen-bond donors (Lipinski definition) is 2. The highest BCUT2D eigenvalue weighted by molar-refractivity contribution is 5.78. The van der Waals surface area contributed by atoms with Crippen molar-refractivity contribution in [1.82, 2.24) is 10.6 Å². The van der Waals surface area contributed by atoms with Crippen LogP contribution in [0.5, 0.6) is 5.75 Å². The molecule has 4 heteroatoms. The fraction of sp³-hybridized carbons (Fsp3) is 0.611. The van der Waals surface area contributed by atoms with Crippen molar-refractivity contribution in [2.24, 2.45) is 5.92 Å². The van der Waals surface area contributed by atoms with Crippen LogP contribution >= 0.6 is 0 Å². The highest BCUT2D eigenvalue weighted by Crippen LogP contribution is 2.27. The average molecular weight is 304 g/mol. The molecule has 0 heterocycles. The molecular formula is C18H28N2O2. The van der Waals surface area contributed by atoms with Crippen molar-refractivity contribution in [1.29, 1.82) is 0 Å². The van der Waals surface area contributed by atoms with E-state index in [1.165, 1.54) is 12.8 Å². The lowest BCUT2D eigenvalue weighted by molar-refractivity contribution is -0.121. The molecule has 2 rings (SSSR count). The number of carbonyl (C=O) groups is 1.